The van der Waals surface area contributed by atoms with Crippen LogP contribution in [0.3, 0.4) is 0 Å². The highest BCUT2D eigenvalue weighted by Crippen LogP contribution is 2.31. The van der Waals surface area contributed by atoms with Gasteiger partial charge in [0.15, 0.2) is 0 Å². The topological polar surface area (TPSA) is 112 Å². The molecule has 10 nitrogen and oxygen atoms in total. The molecule has 4 aromatic rings. The number of nitrogens with zero attached hydrogens (tertiary/aromatic N) is 7. The lowest BCUT2D eigenvalue weighted by Crippen LogP contribution is -2.42. The molecular weight excluding hydrogens is 434 g/mol. The highest BCUT2D eigenvalue weighted by atomic mass is 16.5. The van der Waals surface area contributed by atoms with Crippen molar-refractivity contribution in [2.75, 3.05) is 31.2 Å². The molecule has 1 aromatic carbocycles. The maximum Gasteiger partial charge on any atom is 0.255 e. The van der Waals surface area contributed by atoms with Gasteiger partial charge in [-0.05, 0) is 11.6 Å². The first-order chi connectivity index (χ1) is 16.4. The maximum atomic E-state index is 12.8. The van der Waals surface area contributed by atoms with Crippen molar-refractivity contribution in [1.82, 2.24) is 29.7 Å². The van der Waals surface area contributed by atoms with Gasteiger partial charge in [0.25, 0.3) is 5.56 Å². The first kappa shape index (κ1) is 21.9. The van der Waals surface area contributed by atoms with E-state index in [2.05, 4.69) is 44.1 Å². The zero-order valence-corrected chi connectivity index (χ0v) is 19.3. The zero-order chi connectivity index (χ0) is 23.7. The van der Waals surface area contributed by atoms with Crippen molar-refractivity contribution in [3.05, 3.63) is 70.7 Å². The molecule has 4 heterocycles. The van der Waals surface area contributed by atoms with Crippen LogP contribution in [0.25, 0.3) is 22.8 Å². The van der Waals surface area contributed by atoms with Gasteiger partial charge in [-0.1, -0.05) is 36.3 Å². The Morgan fingerprint density at radius 2 is 1.91 bits per heavy atom. The zero-order valence-electron chi connectivity index (χ0n) is 19.3. The van der Waals surface area contributed by atoms with Gasteiger partial charge in [0.1, 0.15) is 6.33 Å². The lowest BCUT2D eigenvalue weighted by atomic mass is 9.82. The van der Waals surface area contributed by atoms with Crippen LogP contribution in [0, 0.1) is 6.92 Å². The van der Waals surface area contributed by atoms with Gasteiger partial charge in [-0.25, -0.2) is 15.0 Å². The molecule has 0 bridgehead atoms. The first-order valence-electron chi connectivity index (χ1n) is 11.0. The molecule has 0 spiro atoms. The van der Waals surface area contributed by atoms with Crippen molar-refractivity contribution in [2.24, 2.45) is 7.05 Å². The molecule has 34 heavy (non-hydrogen) atoms. The first-order valence-corrected chi connectivity index (χ1v) is 11.0. The van der Waals surface area contributed by atoms with E-state index in [1.54, 1.807) is 30.8 Å². The Kier molecular flexibility index (Phi) is 5.66. The molecule has 0 N–H and O–H groups in total. The van der Waals surface area contributed by atoms with Crippen LogP contribution in [-0.2, 0) is 17.2 Å². The normalized spacial score (nSPS) is 18.6. The molecule has 0 radical (unpaired) electrons. The van der Waals surface area contributed by atoms with Crippen LogP contribution in [0.2, 0.25) is 0 Å². The fraction of sp³-hybridized carbons (Fsp3) is 0.333. The fourth-order valence-corrected chi connectivity index (χ4v) is 4.19. The second-order valence-corrected chi connectivity index (χ2v) is 8.68. The van der Waals surface area contributed by atoms with Gasteiger partial charge in [-0.15, -0.1) is 0 Å². The van der Waals surface area contributed by atoms with Crippen molar-refractivity contribution < 1.29 is 9.26 Å². The third-order valence-electron chi connectivity index (χ3n) is 6.07. The standard InChI is InChI=1S/C24H25N7O3/c1-16-27-22(29-34-16)17-4-6-18(7-5-17)24(2)13-31(10-11-33-14-24)23-28-20(12-21(32)30(23)3)19-8-9-25-15-26-19/h4-9,12,15H,10-11,13-14H2,1-3H3/t24-/m0/s1. The number of aromatic nitrogens is 6. The quantitative estimate of drug-likeness (QED) is 0.454. The minimum atomic E-state index is -0.329. The van der Waals surface area contributed by atoms with Crippen LogP contribution < -0.4 is 10.5 Å². The van der Waals surface area contributed by atoms with Crippen LogP contribution in [-0.4, -0.2) is 56.0 Å². The van der Waals surface area contributed by atoms with Crippen molar-refractivity contribution in [3.8, 4) is 22.8 Å². The average Bonchev–Trinajstić information content (AvgIpc) is 3.19. The van der Waals surface area contributed by atoms with E-state index in [0.29, 0.717) is 55.4 Å². The Balaban J connectivity index is 1.48. The Bertz CT molecular complexity index is 1350. The van der Waals surface area contributed by atoms with E-state index in [9.17, 15) is 4.79 Å². The number of benzene rings is 1. The minimum Gasteiger partial charge on any atom is -0.379 e. The number of anilines is 1. The van der Waals surface area contributed by atoms with Crippen LogP contribution >= 0.6 is 0 Å². The van der Waals surface area contributed by atoms with Crippen LogP contribution in [0.5, 0.6) is 0 Å². The molecule has 1 fully saturated rings. The van der Waals surface area contributed by atoms with Crippen LogP contribution in [0.4, 0.5) is 5.95 Å². The Morgan fingerprint density at radius 1 is 1.09 bits per heavy atom. The van der Waals surface area contributed by atoms with E-state index < -0.39 is 0 Å². The molecule has 1 saturated heterocycles. The lowest BCUT2D eigenvalue weighted by molar-refractivity contribution is 0.113. The summed E-state index contributed by atoms with van der Waals surface area (Å²) in [6, 6.07) is 11.4. The second kappa shape index (κ2) is 8.79. The summed E-state index contributed by atoms with van der Waals surface area (Å²) in [6.45, 7) is 6.24. The number of rotatable bonds is 4. The second-order valence-electron chi connectivity index (χ2n) is 8.68. The van der Waals surface area contributed by atoms with E-state index >= 15 is 0 Å². The lowest BCUT2D eigenvalue weighted by Gasteiger charge is -2.33. The largest absolute Gasteiger partial charge is 0.379 e. The molecule has 1 aliphatic heterocycles. The molecule has 0 aliphatic carbocycles. The van der Waals surface area contributed by atoms with Crippen molar-refractivity contribution >= 4 is 5.95 Å². The number of aryl methyl sites for hydroxylation is 1. The Labute approximate surface area is 196 Å². The summed E-state index contributed by atoms with van der Waals surface area (Å²) < 4.78 is 12.7. The third-order valence-corrected chi connectivity index (χ3v) is 6.07. The molecule has 0 saturated carbocycles. The van der Waals surface area contributed by atoms with Gasteiger partial charge in [-0.3, -0.25) is 9.36 Å². The van der Waals surface area contributed by atoms with Gasteiger partial charge in [-0.2, -0.15) is 4.98 Å². The molecule has 3 aromatic heterocycles. The smallest absolute Gasteiger partial charge is 0.255 e. The molecule has 0 unspecified atom stereocenters. The molecule has 5 rings (SSSR count). The number of hydrogen-bond acceptors (Lipinski definition) is 9. The average molecular weight is 460 g/mol. The predicted octanol–water partition coefficient (Wildman–Crippen LogP) is 2.39. The van der Waals surface area contributed by atoms with Gasteiger partial charge >= 0.3 is 0 Å². The maximum absolute atomic E-state index is 12.8. The Hall–Kier alpha value is -3.92. The minimum absolute atomic E-state index is 0.148. The molecule has 10 heteroatoms. The number of hydrogen-bond donors (Lipinski definition) is 0. The predicted molar refractivity (Wildman–Crippen MR) is 125 cm³/mol. The summed E-state index contributed by atoms with van der Waals surface area (Å²) in [7, 11) is 1.74. The fourth-order valence-electron chi connectivity index (χ4n) is 4.19. The highest BCUT2D eigenvalue weighted by Gasteiger charge is 2.33. The summed E-state index contributed by atoms with van der Waals surface area (Å²) in [6.07, 6.45) is 3.09. The summed E-state index contributed by atoms with van der Waals surface area (Å²) >= 11 is 0. The Morgan fingerprint density at radius 3 is 2.62 bits per heavy atom. The third kappa shape index (κ3) is 4.19. The van der Waals surface area contributed by atoms with Crippen LogP contribution in [0.1, 0.15) is 18.4 Å². The molecule has 1 atom stereocenters. The van der Waals surface area contributed by atoms with Crippen LogP contribution in [0.15, 0.2) is 58.2 Å². The van der Waals surface area contributed by atoms with Gasteiger partial charge in [0.2, 0.25) is 17.7 Å². The van der Waals surface area contributed by atoms with E-state index in [4.69, 9.17) is 14.2 Å². The molecule has 1 aliphatic rings. The van der Waals surface area contributed by atoms with E-state index in [1.807, 2.05) is 12.1 Å². The van der Waals surface area contributed by atoms with E-state index in [1.165, 1.54) is 12.4 Å². The molecular formula is C24H25N7O3. The van der Waals surface area contributed by atoms with Gasteiger partial charge in [0.05, 0.1) is 24.6 Å². The monoisotopic (exact) mass is 459 g/mol. The van der Waals surface area contributed by atoms with Gasteiger partial charge in [0, 0.05) is 50.3 Å². The summed E-state index contributed by atoms with van der Waals surface area (Å²) in [5, 5.41) is 3.99. The molecule has 0 amide bonds. The summed E-state index contributed by atoms with van der Waals surface area (Å²) in [5.41, 5.74) is 2.65. The van der Waals surface area contributed by atoms with Crippen molar-refractivity contribution in [1.29, 1.82) is 0 Å². The van der Waals surface area contributed by atoms with E-state index in [0.717, 1.165) is 11.1 Å². The SMILES string of the molecule is Cc1nc(-c2ccc([C@]3(C)COCCN(c4nc(-c5ccncn5)cc(=O)n4C)C3)cc2)no1. The van der Waals surface area contributed by atoms with Crippen molar-refractivity contribution in [2.45, 2.75) is 19.3 Å². The van der Waals surface area contributed by atoms with E-state index in [-0.39, 0.29) is 11.0 Å². The van der Waals surface area contributed by atoms with Crippen molar-refractivity contribution in [3.63, 3.8) is 0 Å². The van der Waals surface area contributed by atoms with Gasteiger partial charge < -0.3 is 14.2 Å². The summed E-state index contributed by atoms with van der Waals surface area (Å²) in [5.74, 6) is 1.67. The highest BCUT2D eigenvalue weighted by molar-refractivity contribution is 5.56. The molecule has 174 valence electrons. The number of ether oxygens (including phenoxy) is 1. The summed E-state index contributed by atoms with van der Waals surface area (Å²) in [4.78, 5) is 32.2.